The normalized spacial score (nSPS) is 14.4. The van der Waals surface area contributed by atoms with Crippen LogP contribution in [0.3, 0.4) is 0 Å². The van der Waals surface area contributed by atoms with Crippen LogP contribution in [0.2, 0.25) is 0 Å². The predicted molar refractivity (Wildman–Crippen MR) is 99.5 cm³/mol. The van der Waals surface area contributed by atoms with E-state index in [4.69, 9.17) is 4.74 Å². The van der Waals surface area contributed by atoms with Crippen LogP contribution < -0.4 is 4.74 Å². The van der Waals surface area contributed by atoms with Gasteiger partial charge >= 0.3 is 0 Å². The number of carbonyl (C=O) groups excluding carboxylic acids is 1. The van der Waals surface area contributed by atoms with Crippen molar-refractivity contribution in [1.82, 2.24) is 4.90 Å². The lowest BCUT2D eigenvalue weighted by Gasteiger charge is -2.31. The zero-order valence-corrected chi connectivity index (χ0v) is 15.3. The monoisotopic (exact) mass is 341 g/mol. The van der Waals surface area contributed by atoms with Crippen molar-refractivity contribution in [3.05, 3.63) is 65.7 Å². The first kappa shape index (κ1) is 19.0. The van der Waals surface area contributed by atoms with Crippen molar-refractivity contribution in [2.24, 2.45) is 5.92 Å². The second-order valence-corrected chi connectivity index (χ2v) is 6.50. The lowest BCUT2D eigenvalue weighted by molar-refractivity contribution is -0.137. The topological polar surface area (TPSA) is 49.8 Å². The van der Waals surface area contributed by atoms with Crippen LogP contribution >= 0.6 is 0 Å². The summed E-state index contributed by atoms with van der Waals surface area (Å²) in [5.41, 5.74) is 1.87. The molecule has 0 saturated carbocycles. The van der Waals surface area contributed by atoms with Gasteiger partial charge in [-0.05, 0) is 36.6 Å². The van der Waals surface area contributed by atoms with Gasteiger partial charge in [0.15, 0.2) is 0 Å². The molecule has 2 aromatic carbocycles. The van der Waals surface area contributed by atoms with E-state index >= 15 is 0 Å². The molecule has 0 fully saturated rings. The van der Waals surface area contributed by atoms with Crippen molar-refractivity contribution in [3.8, 4) is 5.75 Å². The van der Waals surface area contributed by atoms with E-state index in [1.54, 1.807) is 19.1 Å². The van der Waals surface area contributed by atoms with Gasteiger partial charge in [-0.15, -0.1) is 0 Å². The number of hydrogen-bond acceptors (Lipinski definition) is 3. The molecule has 0 spiro atoms. The van der Waals surface area contributed by atoms with Crippen molar-refractivity contribution in [1.29, 1.82) is 0 Å². The highest BCUT2D eigenvalue weighted by molar-refractivity contribution is 5.79. The molecule has 0 radical (unpaired) electrons. The van der Waals surface area contributed by atoms with Crippen molar-refractivity contribution in [2.75, 3.05) is 14.2 Å². The second-order valence-electron chi connectivity index (χ2n) is 6.50. The van der Waals surface area contributed by atoms with Crippen LogP contribution in [-0.2, 0) is 11.2 Å². The van der Waals surface area contributed by atoms with Crippen LogP contribution in [0.25, 0.3) is 0 Å². The van der Waals surface area contributed by atoms with Gasteiger partial charge in [0.05, 0.1) is 19.3 Å². The molecule has 2 aromatic rings. The largest absolute Gasteiger partial charge is 0.497 e. The molecular weight excluding hydrogens is 314 g/mol. The number of amides is 1. The van der Waals surface area contributed by atoms with Gasteiger partial charge in [-0.1, -0.05) is 49.4 Å². The van der Waals surface area contributed by atoms with E-state index in [-0.39, 0.29) is 17.9 Å². The number of aliphatic hydroxyl groups excluding tert-OH is 1. The fourth-order valence-electron chi connectivity index (χ4n) is 2.93. The van der Waals surface area contributed by atoms with Crippen molar-refractivity contribution >= 4 is 5.91 Å². The van der Waals surface area contributed by atoms with E-state index < -0.39 is 6.10 Å². The molecule has 0 bridgehead atoms. The number of carbonyl (C=O) groups is 1. The Bertz CT molecular complexity index is 687. The summed E-state index contributed by atoms with van der Waals surface area (Å²) in [6.45, 7) is 3.79. The van der Waals surface area contributed by atoms with Gasteiger partial charge in [-0.3, -0.25) is 4.79 Å². The molecular formula is C21H27NO3. The van der Waals surface area contributed by atoms with E-state index in [0.717, 1.165) is 16.9 Å². The summed E-state index contributed by atoms with van der Waals surface area (Å²) in [7, 11) is 3.38. The molecule has 2 rings (SSSR count). The van der Waals surface area contributed by atoms with Gasteiger partial charge in [-0.2, -0.15) is 0 Å². The number of aliphatic hydroxyl groups is 1. The lowest BCUT2D eigenvalue weighted by Crippen LogP contribution is -2.42. The highest BCUT2D eigenvalue weighted by Gasteiger charge is 2.27. The maximum atomic E-state index is 12.8. The summed E-state index contributed by atoms with van der Waals surface area (Å²) in [6.07, 6.45) is -0.0756. The highest BCUT2D eigenvalue weighted by Crippen LogP contribution is 2.22. The van der Waals surface area contributed by atoms with E-state index in [1.807, 2.05) is 68.4 Å². The lowest BCUT2D eigenvalue weighted by atomic mass is 9.97. The first-order chi connectivity index (χ1) is 11.9. The summed E-state index contributed by atoms with van der Waals surface area (Å²) in [5.74, 6) is 0.631. The van der Waals surface area contributed by atoms with Gasteiger partial charge in [0.2, 0.25) is 5.91 Å². The van der Waals surface area contributed by atoms with Gasteiger partial charge in [0.25, 0.3) is 0 Å². The Morgan fingerprint density at radius 1 is 1.12 bits per heavy atom. The number of ether oxygens (including phenoxy) is 1. The smallest absolute Gasteiger partial charge is 0.225 e. The highest BCUT2D eigenvalue weighted by atomic mass is 16.5. The van der Waals surface area contributed by atoms with E-state index in [9.17, 15) is 9.90 Å². The SMILES string of the molecule is COc1cccc(C[C@@H](C)C(=O)N(C)[C@@H](C)[C@@H](O)c2ccccc2)c1. The summed E-state index contributed by atoms with van der Waals surface area (Å²) in [5, 5.41) is 10.5. The molecule has 1 amide bonds. The van der Waals surface area contributed by atoms with Crippen molar-refractivity contribution < 1.29 is 14.6 Å². The van der Waals surface area contributed by atoms with Crippen molar-refractivity contribution in [3.63, 3.8) is 0 Å². The number of methoxy groups -OCH3 is 1. The number of nitrogens with zero attached hydrogens (tertiary/aromatic N) is 1. The molecule has 4 nitrogen and oxygen atoms in total. The first-order valence-corrected chi connectivity index (χ1v) is 8.56. The Balaban J connectivity index is 2.02. The third-order valence-electron chi connectivity index (χ3n) is 4.65. The molecule has 0 aliphatic carbocycles. The Morgan fingerprint density at radius 2 is 1.80 bits per heavy atom. The summed E-state index contributed by atoms with van der Waals surface area (Å²) in [4.78, 5) is 14.4. The number of likely N-dealkylation sites (N-methyl/N-ethyl adjacent to an activating group) is 1. The fraction of sp³-hybridized carbons (Fsp3) is 0.381. The minimum Gasteiger partial charge on any atom is -0.497 e. The van der Waals surface area contributed by atoms with E-state index in [0.29, 0.717) is 6.42 Å². The number of hydrogen-bond donors (Lipinski definition) is 1. The minimum absolute atomic E-state index is 0.0188. The zero-order chi connectivity index (χ0) is 18.4. The van der Waals surface area contributed by atoms with Crippen LogP contribution in [0.1, 0.15) is 31.1 Å². The van der Waals surface area contributed by atoms with Crippen LogP contribution in [0, 0.1) is 5.92 Å². The van der Waals surface area contributed by atoms with Crippen LogP contribution in [0.5, 0.6) is 5.75 Å². The summed E-state index contributed by atoms with van der Waals surface area (Å²) in [6, 6.07) is 16.9. The molecule has 0 saturated heterocycles. The molecule has 0 unspecified atom stereocenters. The fourth-order valence-corrected chi connectivity index (χ4v) is 2.93. The average molecular weight is 341 g/mol. The van der Waals surface area contributed by atoms with Crippen LogP contribution in [0.15, 0.2) is 54.6 Å². The molecule has 4 heteroatoms. The van der Waals surface area contributed by atoms with Gasteiger partial charge in [0.1, 0.15) is 5.75 Å². The third-order valence-corrected chi connectivity index (χ3v) is 4.65. The molecule has 134 valence electrons. The van der Waals surface area contributed by atoms with Gasteiger partial charge in [-0.25, -0.2) is 0 Å². The Morgan fingerprint density at radius 3 is 2.44 bits per heavy atom. The molecule has 25 heavy (non-hydrogen) atoms. The Labute approximate surface area is 150 Å². The van der Waals surface area contributed by atoms with Gasteiger partial charge < -0.3 is 14.7 Å². The van der Waals surface area contributed by atoms with Crippen LogP contribution in [-0.4, -0.2) is 36.1 Å². The summed E-state index contributed by atoms with van der Waals surface area (Å²) < 4.78 is 5.23. The molecule has 1 N–H and O–H groups in total. The number of rotatable bonds is 7. The third kappa shape index (κ3) is 4.83. The van der Waals surface area contributed by atoms with E-state index in [2.05, 4.69) is 0 Å². The maximum Gasteiger partial charge on any atom is 0.225 e. The van der Waals surface area contributed by atoms with Gasteiger partial charge in [0, 0.05) is 13.0 Å². The first-order valence-electron chi connectivity index (χ1n) is 8.56. The van der Waals surface area contributed by atoms with Crippen molar-refractivity contribution in [2.45, 2.75) is 32.4 Å². The molecule has 0 heterocycles. The molecule has 0 aliphatic heterocycles. The molecule has 0 aliphatic rings. The summed E-state index contributed by atoms with van der Waals surface area (Å²) >= 11 is 0. The van der Waals surface area contributed by atoms with Crippen LogP contribution in [0.4, 0.5) is 0 Å². The molecule has 0 aromatic heterocycles. The number of benzene rings is 2. The Hall–Kier alpha value is -2.33. The predicted octanol–water partition coefficient (Wildman–Crippen LogP) is 3.45. The maximum absolute atomic E-state index is 12.8. The molecule has 3 atom stereocenters. The Kier molecular flexibility index (Phi) is 6.59. The second kappa shape index (κ2) is 8.67. The zero-order valence-electron chi connectivity index (χ0n) is 15.3. The van der Waals surface area contributed by atoms with E-state index in [1.165, 1.54) is 0 Å². The standard InChI is InChI=1S/C21H27NO3/c1-15(13-17-9-8-12-19(14-17)25-4)21(24)22(3)16(2)20(23)18-10-6-5-7-11-18/h5-12,14-16,20,23H,13H2,1-4H3/t15-,16+,20-/m1/s1. The average Bonchev–Trinajstić information content (AvgIpc) is 2.66. The minimum atomic E-state index is -0.709. The quantitative estimate of drug-likeness (QED) is 0.839.